The Balaban J connectivity index is 1.78. The van der Waals surface area contributed by atoms with Gasteiger partial charge in [0.05, 0.1) is 6.10 Å². The molecule has 0 saturated heterocycles. The quantitative estimate of drug-likeness (QED) is 0.888. The highest BCUT2D eigenvalue weighted by Gasteiger charge is 2.42. The Bertz CT molecular complexity index is 406. The molecule has 1 aromatic heterocycles. The molecule has 0 unspecified atom stereocenters. The average Bonchev–Trinajstić information content (AvgIpc) is 2.94. The van der Waals surface area contributed by atoms with Crippen molar-refractivity contribution in [2.75, 3.05) is 6.61 Å². The number of ether oxygens (including phenoxy) is 1. The number of aliphatic hydroxyl groups is 1. The Kier molecular flexibility index (Phi) is 3.11. The van der Waals surface area contributed by atoms with E-state index in [0.717, 1.165) is 38.5 Å². The van der Waals surface area contributed by atoms with E-state index in [1.807, 2.05) is 6.92 Å². The first-order valence-corrected chi connectivity index (χ1v) is 6.89. The van der Waals surface area contributed by atoms with Crippen LogP contribution in [0.2, 0.25) is 0 Å². The Morgan fingerprint density at radius 3 is 2.72 bits per heavy atom. The third kappa shape index (κ3) is 1.95. The lowest BCUT2D eigenvalue weighted by Gasteiger charge is -2.28. The van der Waals surface area contributed by atoms with Gasteiger partial charge in [0.1, 0.15) is 5.60 Å². The van der Waals surface area contributed by atoms with Gasteiger partial charge in [-0.1, -0.05) is 5.16 Å². The van der Waals surface area contributed by atoms with Gasteiger partial charge in [0.2, 0.25) is 11.7 Å². The summed E-state index contributed by atoms with van der Waals surface area (Å²) in [6.07, 6.45) is 5.56. The van der Waals surface area contributed by atoms with Gasteiger partial charge in [0.15, 0.2) is 0 Å². The van der Waals surface area contributed by atoms with Gasteiger partial charge in [0.25, 0.3) is 0 Å². The fraction of sp³-hybridized carbons (Fsp3) is 0.846. The van der Waals surface area contributed by atoms with Crippen LogP contribution in [0.15, 0.2) is 4.52 Å². The fourth-order valence-electron chi connectivity index (χ4n) is 3.03. The van der Waals surface area contributed by atoms with Gasteiger partial charge < -0.3 is 14.4 Å². The van der Waals surface area contributed by atoms with Crippen LogP contribution in [-0.2, 0) is 10.3 Å². The second-order valence-electron chi connectivity index (χ2n) is 5.41. The van der Waals surface area contributed by atoms with Crippen molar-refractivity contribution in [2.45, 2.75) is 63.1 Å². The molecule has 5 heteroatoms. The number of hydrogen-bond acceptors (Lipinski definition) is 5. The zero-order chi connectivity index (χ0) is 12.6. The summed E-state index contributed by atoms with van der Waals surface area (Å²) >= 11 is 0. The molecule has 0 radical (unpaired) electrons. The second kappa shape index (κ2) is 4.63. The molecule has 0 aromatic carbocycles. The lowest BCUT2D eigenvalue weighted by molar-refractivity contribution is -0.0469. The first kappa shape index (κ1) is 12.1. The smallest absolute Gasteiger partial charge is 0.230 e. The molecule has 2 aliphatic rings. The predicted octanol–water partition coefficient (Wildman–Crippen LogP) is 2.11. The number of aliphatic hydroxyl groups excluding tert-OH is 1. The molecule has 2 fully saturated rings. The molecule has 1 aromatic rings. The molecule has 2 aliphatic carbocycles. The molecule has 2 saturated carbocycles. The standard InChI is InChI=1S/C13H20N2O3/c1-2-17-13(5-3-4-6-13)12-14-11(18-15-12)9-7-10(16)8-9/h9-10,16H,2-8H2,1H3. The van der Waals surface area contributed by atoms with Crippen LogP contribution in [0, 0.1) is 0 Å². The Hall–Kier alpha value is -0.940. The largest absolute Gasteiger partial charge is 0.393 e. The van der Waals surface area contributed by atoms with Gasteiger partial charge in [-0.05, 0) is 45.4 Å². The average molecular weight is 252 g/mol. The highest BCUT2D eigenvalue weighted by Crippen LogP contribution is 2.42. The summed E-state index contributed by atoms with van der Waals surface area (Å²) in [6.45, 7) is 2.68. The molecule has 3 rings (SSSR count). The maximum absolute atomic E-state index is 9.32. The van der Waals surface area contributed by atoms with Gasteiger partial charge in [-0.3, -0.25) is 0 Å². The van der Waals surface area contributed by atoms with Crippen LogP contribution < -0.4 is 0 Å². The Labute approximate surface area is 107 Å². The molecule has 0 amide bonds. The molecule has 5 nitrogen and oxygen atoms in total. The predicted molar refractivity (Wildman–Crippen MR) is 64.1 cm³/mol. The molecule has 0 aliphatic heterocycles. The van der Waals surface area contributed by atoms with E-state index in [0.29, 0.717) is 18.3 Å². The summed E-state index contributed by atoms with van der Waals surface area (Å²) in [6, 6.07) is 0. The SMILES string of the molecule is CCOC1(c2noc(C3CC(O)C3)n2)CCCC1. The van der Waals surface area contributed by atoms with Crippen molar-refractivity contribution in [3.63, 3.8) is 0 Å². The second-order valence-corrected chi connectivity index (χ2v) is 5.41. The fourth-order valence-corrected chi connectivity index (χ4v) is 3.03. The van der Waals surface area contributed by atoms with Gasteiger partial charge in [-0.2, -0.15) is 4.98 Å². The number of aromatic nitrogens is 2. The maximum atomic E-state index is 9.32. The van der Waals surface area contributed by atoms with Crippen LogP contribution in [0.1, 0.15) is 63.1 Å². The molecular weight excluding hydrogens is 232 g/mol. The number of rotatable bonds is 4. The van der Waals surface area contributed by atoms with Crippen molar-refractivity contribution >= 4 is 0 Å². The summed E-state index contributed by atoms with van der Waals surface area (Å²) < 4.78 is 11.3. The van der Waals surface area contributed by atoms with Gasteiger partial charge in [-0.25, -0.2) is 0 Å². The van der Waals surface area contributed by atoms with E-state index in [9.17, 15) is 5.11 Å². The Morgan fingerprint density at radius 1 is 1.39 bits per heavy atom. The molecular formula is C13H20N2O3. The third-order valence-electron chi connectivity index (χ3n) is 4.14. The van der Waals surface area contributed by atoms with Crippen molar-refractivity contribution in [1.29, 1.82) is 0 Å². The molecule has 1 heterocycles. The lowest BCUT2D eigenvalue weighted by Crippen LogP contribution is -2.29. The minimum Gasteiger partial charge on any atom is -0.393 e. The van der Waals surface area contributed by atoms with E-state index in [-0.39, 0.29) is 17.6 Å². The van der Waals surface area contributed by atoms with Crippen molar-refractivity contribution in [3.8, 4) is 0 Å². The summed E-state index contributed by atoms with van der Waals surface area (Å²) in [5.74, 6) is 1.61. The van der Waals surface area contributed by atoms with Crippen LogP contribution in [0.25, 0.3) is 0 Å². The van der Waals surface area contributed by atoms with Crippen LogP contribution in [0.4, 0.5) is 0 Å². The maximum Gasteiger partial charge on any atom is 0.230 e. The molecule has 18 heavy (non-hydrogen) atoms. The van der Waals surface area contributed by atoms with Crippen molar-refractivity contribution in [2.24, 2.45) is 0 Å². The van der Waals surface area contributed by atoms with E-state index in [1.165, 1.54) is 0 Å². The van der Waals surface area contributed by atoms with Crippen LogP contribution in [0.5, 0.6) is 0 Å². The van der Waals surface area contributed by atoms with Crippen molar-refractivity contribution < 1.29 is 14.4 Å². The molecule has 100 valence electrons. The van der Waals surface area contributed by atoms with E-state index in [4.69, 9.17) is 9.26 Å². The van der Waals surface area contributed by atoms with Crippen LogP contribution in [-0.4, -0.2) is 28.0 Å². The zero-order valence-corrected chi connectivity index (χ0v) is 10.8. The first-order valence-electron chi connectivity index (χ1n) is 6.89. The summed E-state index contributed by atoms with van der Waals surface area (Å²) in [5.41, 5.74) is -0.321. The summed E-state index contributed by atoms with van der Waals surface area (Å²) in [4.78, 5) is 4.53. The van der Waals surface area contributed by atoms with Gasteiger partial charge in [-0.15, -0.1) is 0 Å². The van der Waals surface area contributed by atoms with E-state index in [1.54, 1.807) is 0 Å². The number of nitrogens with zero attached hydrogens (tertiary/aromatic N) is 2. The van der Waals surface area contributed by atoms with E-state index >= 15 is 0 Å². The van der Waals surface area contributed by atoms with Crippen LogP contribution in [0.3, 0.4) is 0 Å². The highest BCUT2D eigenvalue weighted by atomic mass is 16.5. The van der Waals surface area contributed by atoms with Crippen LogP contribution >= 0.6 is 0 Å². The van der Waals surface area contributed by atoms with Crippen molar-refractivity contribution in [3.05, 3.63) is 11.7 Å². The van der Waals surface area contributed by atoms with Gasteiger partial charge in [0, 0.05) is 12.5 Å². The number of hydrogen-bond donors (Lipinski definition) is 1. The highest BCUT2D eigenvalue weighted by molar-refractivity contribution is 5.08. The molecule has 1 N–H and O–H groups in total. The molecule has 0 bridgehead atoms. The third-order valence-corrected chi connectivity index (χ3v) is 4.14. The Morgan fingerprint density at radius 2 is 2.11 bits per heavy atom. The minimum absolute atomic E-state index is 0.197. The molecule has 0 atom stereocenters. The zero-order valence-electron chi connectivity index (χ0n) is 10.8. The summed E-state index contributed by atoms with van der Waals surface area (Å²) in [5, 5.41) is 13.4. The van der Waals surface area contributed by atoms with E-state index in [2.05, 4.69) is 10.1 Å². The topological polar surface area (TPSA) is 68.4 Å². The monoisotopic (exact) mass is 252 g/mol. The van der Waals surface area contributed by atoms with E-state index < -0.39 is 0 Å². The normalized spacial score (nSPS) is 30.3. The molecule has 0 spiro atoms. The lowest BCUT2D eigenvalue weighted by atomic mass is 9.82. The van der Waals surface area contributed by atoms with Crippen molar-refractivity contribution in [1.82, 2.24) is 10.1 Å². The summed E-state index contributed by atoms with van der Waals surface area (Å²) in [7, 11) is 0. The first-order chi connectivity index (χ1) is 8.73. The van der Waals surface area contributed by atoms with Gasteiger partial charge >= 0.3 is 0 Å². The minimum atomic E-state index is -0.321.